The van der Waals surface area contributed by atoms with Crippen molar-refractivity contribution in [2.24, 2.45) is 5.41 Å². The zero-order chi connectivity index (χ0) is 11.7. The number of nitrogens with one attached hydrogen (secondary N) is 1. The minimum atomic E-state index is 0.190. The number of anilines is 1. The molecule has 2 aliphatic carbocycles. The Morgan fingerprint density at radius 3 is 2.59 bits per heavy atom. The quantitative estimate of drug-likeness (QED) is 0.835. The van der Waals surface area contributed by atoms with Crippen LogP contribution in [0.4, 0.5) is 5.69 Å². The number of fused-ring (bicyclic) bond motifs is 1. The Bertz CT molecular complexity index is 409. The van der Waals surface area contributed by atoms with E-state index in [1.54, 1.807) is 0 Å². The van der Waals surface area contributed by atoms with E-state index in [1.165, 1.54) is 55.3 Å². The van der Waals surface area contributed by atoms with Gasteiger partial charge in [-0.15, -0.1) is 0 Å². The van der Waals surface area contributed by atoms with Crippen LogP contribution < -0.4 is 5.32 Å². The summed E-state index contributed by atoms with van der Waals surface area (Å²) in [5.74, 6) is 0. The summed E-state index contributed by atoms with van der Waals surface area (Å²) >= 11 is 0. The first-order valence-electron chi connectivity index (χ1n) is 6.78. The predicted molar refractivity (Wildman–Crippen MR) is 70.3 cm³/mol. The van der Waals surface area contributed by atoms with Crippen LogP contribution in [0.5, 0.6) is 0 Å². The second-order valence-electron chi connectivity index (χ2n) is 5.70. The Morgan fingerprint density at radius 2 is 1.88 bits per heavy atom. The number of rotatable bonds is 4. The molecule has 3 rings (SSSR count). The molecule has 0 amide bonds. The highest BCUT2D eigenvalue weighted by molar-refractivity contribution is 5.49. The molecule has 2 nitrogen and oxygen atoms in total. The van der Waals surface area contributed by atoms with E-state index >= 15 is 0 Å². The summed E-state index contributed by atoms with van der Waals surface area (Å²) in [5, 5.41) is 12.8. The zero-order valence-corrected chi connectivity index (χ0v) is 10.3. The van der Waals surface area contributed by atoms with Crippen LogP contribution >= 0.6 is 0 Å². The Balaban J connectivity index is 1.67. The summed E-state index contributed by atoms with van der Waals surface area (Å²) in [4.78, 5) is 0. The average Bonchev–Trinajstić information content (AvgIpc) is 3.17. The van der Waals surface area contributed by atoms with Crippen molar-refractivity contribution in [3.8, 4) is 0 Å². The maximum atomic E-state index is 9.29. The highest BCUT2D eigenvalue weighted by atomic mass is 16.3. The van der Waals surface area contributed by atoms with Gasteiger partial charge >= 0.3 is 0 Å². The molecule has 0 unspecified atom stereocenters. The number of hydrogen-bond donors (Lipinski definition) is 2. The van der Waals surface area contributed by atoms with E-state index in [4.69, 9.17) is 0 Å². The van der Waals surface area contributed by atoms with Gasteiger partial charge in [0.2, 0.25) is 0 Å². The standard InChI is InChI=1S/C15H21NO/c17-11-15(7-8-15)10-16-14-6-5-12-3-1-2-4-13(12)9-14/h5-6,9,16-17H,1-4,7-8,10-11H2. The molecule has 0 aromatic heterocycles. The van der Waals surface area contributed by atoms with Gasteiger partial charge in [-0.2, -0.15) is 0 Å². The minimum Gasteiger partial charge on any atom is -0.396 e. The van der Waals surface area contributed by atoms with Crippen molar-refractivity contribution in [3.63, 3.8) is 0 Å². The van der Waals surface area contributed by atoms with Gasteiger partial charge in [-0.3, -0.25) is 0 Å². The van der Waals surface area contributed by atoms with E-state index < -0.39 is 0 Å². The third-order valence-electron chi connectivity index (χ3n) is 4.31. The Kier molecular flexibility index (Phi) is 2.83. The van der Waals surface area contributed by atoms with Gasteiger partial charge in [-0.1, -0.05) is 6.07 Å². The molecule has 1 fully saturated rings. The molecule has 1 aromatic carbocycles. The zero-order valence-electron chi connectivity index (χ0n) is 10.3. The van der Waals surface area contributed by atoms with Crippen LogP contribution in [-0.4, -0.2) is 18.3 Å². The van der Waals surface area contributed by atoms with Crippen LogP contribution in [0, 0.1) is 5.41 Å². The van der Waals surface area contributed by atoms with Crippen LogP contribution in [0.15, 0.2) is 18.2 Å². The normalized spacial score (nSPS) is 20.8. The fourth-order valence-corrected chi connectivity index (χ4v) is 2.70. The summed E-state index contributed by atoms with van der Waals surface area (Å²) < 4.78 is 0. The van der Waals surface area contributed by atoms with Gasteiger partial charge < -0.3 is 10.4 Å². The van der Waals surface area contributed by atoms with Crippen LogP contribution in [0.25, 0.3) is 0 Å². The second-order valence-corrected chi connectivity index (χ2v) is 5.70. The lowest BCUT2D eigenvalue weighted by Crippen LogP contribution is -2.19. The summed E-state index contributed by atoms with van der Waals surface area (Å²) in [6.07, 6.45) is 7.49. The van der Waals surface area contributed by atoms with Gasteiger partial charge in [0.1, 0.15) is 0 Å². The Labute approximate surface area is 103 Å². The molecule has 0 bridgehead atoms. The smallest absolute Gasteiger partial charge is 0.0504 e. The molecule has 2 heteroatoms. The average molecular weight is 231 g/mol. The van der Waals surface area contributed by atoms with Crippen LogP contribution in [0.3, 0.4) is 0 Å². The first-order valence-corrected chi connectivity index (χ1v) is 6.78. The molecule has 0 atom stereocenters. The first kappa shape index (κ1) is 11.1. The van der Waals surface area contributed by atoms with Crippen molar-refractivity contribution >= 4 is 5.69 Å². The summed E-state index contributed by atoms with van der Waals surface area (Å²) in [6.45, 7) is 1.24. The van der Waals surface area contributed by atoms with Crippen molar-refractivity contribution < 1.29 is 5.11 Å². The highest BCUT2D eigenvalue weighted by Crippen LogP contribution is 2.45. The Morgan fingerprint density at radius 1 is 1.12 bits per heavy atom. The number of hydrogen-bond acceptors (Lipinski definition) is 2. The van der Waals surface area contributed by atoms with Gasteiger partial charge in [-0.25, -0.2) is 0 Å². The van der Waals surface area contributed by atoms with Crippen LogP contribution in [-0.2, 0) is 12.8 Å². The third-order valence-corrected chi connectivity index (χ3v) is 4.31. The summed E-state index contributed by atoms with van der Waals surface area (Å²) in [7, 11) is 0. The second kappa shape index (κ2) is 4.34. The van der Waals surface area contributed by atoms with Gasteiger partial charge in [0.05, 0.1) is 6.61 Å². The van der Waals surface area contributed by atoms with Gasteiger partial charge in [0, 0.05) is 17.6 Å². The molecule has 0 radical (unpaired) electrons. The third kappa shape index (κ3) is 2.32. The molecule has 0 spiro atoms. The van der Waals surface area contributed by atoms with Crippen molar-refractivity contribution in [1.29, 1.82) is 0 Å². The number of benzene rings is 1. The SMILES string of the molecule is OCC1(CNc2ccc3c(c2)CCCC3)CC1. The molecule has 0 aliphatic heterocycles. The number of aliphatic hydroxyl groups excluding tert-OH is 1. The van der Waals surface area contributed by atoms with Crippen LogP contribution in [0.2, 0.25) is 0 Å². The molecule has 1 aromatic rings. The molecular weight excluding hydrogens is 210 g/mol. The summed E-state index contributed by atoms with van der Waals surface area (Å²) in [5.41, 5.74) is 4.47. The lowest BCUT2D eigenvalue weighted by molar-refractivity contribution is 0.220. The minimum absolute atomic E-state index is 0.190. The Hall–Kier alpha value is -1.02. The molecular formula is C15H21NO. The monoisotopic (exact) mass is 231 g/mol. The maximum Gasteiger partial charge on any atom is 0.0504 e. The van der Waals surface area contributed by atoms with Gasteiger partial charge in [0.15, 0.2) is 0 Å². The first-order chi connectivity index (χ1) is 8.31. The number of aliphatic hydroxyl groups is 1. The predicted octanol–water partition coefficient (Wildman–Crippen LogP) is 2.75. The maximum absolute atomic E-state index is 9.29. The van der Waals surface area contributed by atoms with Gasteiger partial charge in [-0.05, 0) is 61.8 Å². The topological polar surface area (TPSA) is 32.3 Å². The van der Waals surface area contributed by atoms with Crippen molar-refractivity contribution in [1.82, 2.24) is 0 Å². The van der Waals surface area contributed by atoms with E-state index in [9.17, 15) is 5.11 Å². The van der Waals surface area contributed by atoms with E-state index in [2.05, 4.69) is 23.5 Å². The van der Waals surface area contributed by atoms with Crippen LogP contribution in [0.1, 0.15) is 36.8 Å². The summed E-state index contributed by atoms with van der Waals surface area (Å²) in [6, 6.07) is 6.77. The lowest BCUT2D eigenvalue weighted by Gasteiger charge is -2.18. The fraction of sp³-hybridized carbons (Fsp3) is 0.600. The van der Waals surface area contributed by atoms with Crippen molar-refractivity contribution in [2.45, 2.75) is 38.5 Å². The van der Waals surface area contributed by atoms with Crippen molar-refractivity contribution in [2.75, 3.05) is 18.5 Å². The molecule has 92 valence electrons. The molecule has 2 aliphatic rings. The molecule has 2 N–H and O–H groups in total. The van der Waals surface area contributed by atoms with E-state index in [0.29, 0.717) is 6.61 Å². The van der Waals surface area contributed by atoms with Crippen molar-refractivity contribution in [3.05, 3.63) is 29.3 Å². The molecule has 0 saturated heterocycles. The van der Waals surface area contributed by atoms with E-state index in [-0.39, 0.29) is 5.41 Å². The van der Waals surface area contributed by atoms with Gasteiger partial charge in [0.25, 0.3) is 0 Å². The number of aryl methyl sites for hydroxylation is 2. The molecule has 0 heterocycles. The fourth-order valence-electron chi connectivity index (χ4n) is 2.70. The molecule has 1 saturated carbocycles. The van der Waals surface area contributed by atoms with E-state index in [1.807, 2.05) is 0 Å². The largest absolute Gasteiger partial charge is 0.396 e. The lowest BCUT2D eigenvalue weighted by atomic mass is 9.91. The highest BCUT2D eigenvalue weighted by Gasteiger charge is 2.41. The van der Waals surface area contributed by atoms with E-state index in [0.717, 1.165) is 6.54 Å². The molecule has 17 heavy (non-hydrogen) atoms.